The van der Waals surface area contributed by atoms with E-state index in [-0.39, 0.29) is 5.78 Å². The van der Waals surface area contributed by atoms with Gasteiger partial charge in [-0.05, 0) is 29.1 Å². The normalized spacial score (nSPS) is 10.5. The largest absolute Gasteiger partial charge is 0.497 e. The first-order valence-electron chi connectivity index (χ1n) is 6.77. The summed E-state index contributed by atoms with van der Waals surface area (Å²) < 4.78 is 5.12. The van der Waals surface area contributed by atoms with E-state index < -0.39 is 0 Å². The number of carbonyl (C=O) groups is 1. The first-order chi connectivity index (χ1) is 10.3. The molecule has 0 saturated carbocycles. The van der Waals surface area contributed by atoms with Crippen LogP contribution in [0.2, 0.25) is 0 Å². The summed E-state index contributed by atoms with van der Waals surface area (Å²) >= 11 is 0. The molecule has 0 amide bonds. The number of pyridine rings is 1. The van der Waals surface area contributed by atoms with Crippen LogP contribution in [0.4, 0.5) is 0 Å². The van der Waals surface area contributed by atoms with E-state index in [0.29, 0.717) is 6.42 Å². The van der Waals surface area contributed by atoms with Gasteiger partial charge in [0.15, 0.2) is 5.78 Å². The van der Waals surface area contributed by atoms with Crippen LogP contribution in [-0.4, -0.2) is 17.9 Å². The van der Waals surface area contributed by atoms with E-state index in [4.69, 9.17) is 4.74 Å². The fourth-order valence-corrected chi connectivity index (χ4v) is 2.38. The third kappa shape index (κ3) is 2.77. The molecule has 0 unspecified atom stereocenters. The Bertz CT molecular complexity index is 773. The van der Waals surface area contributed by atoms with Crippen molar-refractivity contribution in [3.63, 3.8) is 0 Å². The van der Waals surface area contributed by atoms with Crippen molar-refractivity contribution >= 4 is 16.6 Å². The maximum absolute atomic E-state index is 12.5. The van der Waals surface area contributed by atoms with Gasteiger partial charge in [0, 0.05) is 29.8 Å². The number of ether oxygens (including phenoxy) is 1. The van der Waals surface area contributed by atoms with Crippen LogP contribution in [0, 0.1) is 0 Å². The number of methoxy groups -OCH3 is 1. The minimum absolute atomic E-state index is 0.0961. The van der Waals surface area contributed by atoms with Gasteiger partial charge in [0.1, 0.15) is 5.75 Å². The van der Waals surface area contributed by atoms with Crippen molar-refractivity contribution in [2.45, 2.75) is 6.42 Å². The van der Waals surface area contributed by atoms with Gasteiger partial charge in [-0.25, -0.2) is 0 Å². The highest BCUT2D eigenvalue weighted by molar-refractivity contribution is 6.08. The van der Waals surface area contributed by atoms with Crippen molar-refractivity contribution in [2.24, 2.45) is 0 Å². The van der Waals surface area contributed by atoms with Gasteiger partial charge in [-0.1, -0.05) is 30.3 Å². The Hall–Kier alpha value is -2.68. The van der Waals surface area contributed by atoms with Crippen LogP contribution in [0.15, 0.2) is 60.9 Å². The Morgan fingerprint density at radius 2 is 1.90 bits per heavy atom. The highest BCUT2D eigenvalue weighted by atomic mass is 16.5. The van der Waals surface area contributed by atoms with Crippen LogP contribution in [-0.2, 0) is 6.42 Å². The number of carbonyl (C=O) groups excluding carboxylic acids is 1. The SMILES string of the molecule is COc1ccc(CC(=O)c2cccc3ccncc23)cc1. The summed E-state index contributed by atoms with van der Waals surface area (Å²) in [5.74, 6) is 0.888. The molecule has 0 radical (unpaired) electrons. The molecule has 3 heteroatoms. The quantitative estimate of drug-likeness (QED) is 0.683. The summed E-state index contributed by atoms with van der Waals surface area (Å²) in [5.41, 5.74) is 1.69. The summed E-state index contributed by atoms with van der Waals surface area (Å²) in [6.07, 6.45) is 3.86. The zero-order valence-corrected chi connectivity index (χ0v) is 11.7. The highest BCUT2D eigenvalue weighted by Crippen LogP contribution is 2.20. The molecule has 0 aliphatic heterocycles. The molecule has 1 aromatic heterocycles. The fourth-order valence-electron chi connectivity index (χ4n) is 2.38. The Morgan fingerprint density at radius 1 is 1.10 bits per heavy atom. The number of Topliss-reactive ketones (excluding diaryl/α,β-unsaturated/α-hetero) is 1. The molecule has 3 aromatic rings. The summed E-state index contributed by atoms with van der Waals surface area (Å²) in [6, 6.07) is 15.2. The van der Waals surface area contributed by atoms with Crippen molar-refractivity contribution in [3.05, 3.63) is 72.1 Å². The van der Waals surface area contributed by atoms with Crippen LogP contribution >= 0.6 is 0 Å². The predicted molar refractivity (Wildman–Crippen MR) is 82.8 cm³/mol. The molecule has 0 atom stereocenters. The van der Waals surface area contributed by atoms with E-state index in [1.54, 1.807) is 19.5 Å². The standard InChI is InChI=1S/C18H15NO2/c1-21-15-7-5-13(6-8-15)11-18(20)16-4-2-3-14-9-10-19-12-17(14)16/h2-10,12H,11H2,1H3. The van der Waals surface area contributed by atoms with Crippen molar-refractivity contribution in [1.29, 1.82) is 0 Å². The molecule has 0 saturated heterocycles. The zero-order chi connectivity index (χ0) is 14.7. The maximum atomic E-state index is 12.5. The van der Waals surface area contributed by atoms with E-state index in [0.717, 1.165) is 27.6 Å². The average Bonchev–Trinajstić information content (AvgIpc) is 2.55. The van der Waals surface area contributed by atoms with E-state index in [9.17, 15) is 4.79 Å². The van der Waals surface area contributed by atoms with Crippen molar-refractivity contribution in [3.8, 4) is 5.75 Å². The minimum Gasteiger partial charge on any atom is -0.497 e. The molecular weight excluding hydrogens is 262 g/mol. The lowest BCUT2D eigenvalue weighted by molar-refractivity contribution is 0.0994. The highest BCUT2D eigenvalue weighted by Gasteiger charge is 2.10. The van der Waals surface area contributed by atoms with Gasteiger partial charge in [-0.15, -0.1) is 0 Å². The number of nitrogens with zero attached hydrogens (tertiary/aromatic N) is 1. The lowest BCUT2D eigenvalue weighted by Gasteiger charge is -2.06. The molecule has 2 aromatic carbocycles. The van der Waals surface area contributed by atoms with Crippen molar-refractivity contribution in [2.75, 3.05) is 7.11 Å². The van der Waals surface area contributed by atoms with Crippen LogP contribution in [0.25, 0.3) is 10.8 Å². The summed E-state index contributed by atoms with van der Waals surface area (Å²) in [4.78, 5) is 16.6. The fraction of sp³-hybridized carbons (Fsp3) is 0.111. The van der Waals surface area contributed by atoms with E-state index in [1.165, 1.54) is 0 Å². The number of hydrogen-bond donors (Lipinski definition) is 0. The minimum atomic E-state index is 0.0961. The van der Waals surface area contributed by atoms with Gasteiger partial charge < -0.3 is 4.74 Å². The predicted octanol–water partition coefficient (Wildman–Crippen LogP) is 3.67. The number of benzene rings is 2. The molecule has 0 N–H and O–H groups in total. The molecule has 3 nitrogen and oxygen atoms in total. The van der Waals surface area contributed by atoms with Crippen LogP contribution in [0.1, 0.15) is 15.9 Å². The van der Waals surface area contributed by atoms with Crippen LogP contribution in [0.3, 0.4) is 0 Å². The molecule has 1 heterocycles. The Kier molecular flexibility index (Phi) is 3.65. The molecule has 104 valence electrons. The van der Waals surface area contributed by atoms with Crippen LogP contribution in [0.5, 0.6) is 5.75 Å². The van der Waals surface area contributed by atoms with Gasteiger partial charge in [0.05, 0.1) is 7.11 Å². The van der Waals surface area contributed by atoms with E-state index >= 15 is 0 Å². The molecule has 0 spiro atoms. The first kappa shape index (κ1) is 13.3. The van der Waals surface area contributed by atoms with Gasteiger partial charge in [0.2, 0.25) is 0 Å². The smallest absolute Gasteiger partial charge is 0.167 e. The maximum Gasteiger partial charge on any atom is 0.167 e. The number of aromatic nitrogens is 1. The Morgan fingerprint density at radius 3 is 2.67 bits per heavy atom. The molecule has 3 rings (SSSR count). The first-order valence-corrected chi connectivity index (χ1v) is 6.77. The van der Waals surface area contributed by atoms with E-state index in [2.05, 4.69) is 4.98 Å². The summed E-state index contributed by atoms with van der Waals surface area (Å²) in [6.45, 7) is 0. The second-order valence-electron chi connectivity index (χ2n) is 4.85. The Labute approximate surface area is 123 Å². The number of fused-ring (bicyclic) bond motifs is 1. The van der Waals surface area contributed by atoms with E-state index in [1.807, 2.05) is 48.5 Å². The van der Waals surface area contributed by atoms with Crippen LogP contribution < -0.4 is 4.74 Å². The third-order valence-electron chi connectivity index (χ3n) is 3.51. The Balaban J connectivity index is 1.90. The third-order valence-corrected chi connectivity index (χ3v) is 3.51. The monoisotopic (exact) mass is 277 g/mol. The second-order valence-corrected chi connectivity index (χ2v) is 4.85. The van der Waals surface area contributed by atoms with Gasteiger partial charge in [0.25, 0.3) is 0 Å². The second kappa shape index (κ2) is 5.75. The molecule has 0 aliphatic rings. The molecule has 0 aliphatic carbocycles. The summed E-state index contributed by atoms with van der Waals surface area (Å²) in [5, 5.41) is 1.93. The van der Waals surface area contributed by atoms with Gasteiger partial charge in [-0.2, -0.15) is 0 Å². The lowest BCUT2D eigenvalue weighted by Crippen LogP contribution is -2.04. The zero-order valence-electron chi connectivity index (χ0n) is 11.7. The molecule has 21 heavy (non-hydrogen) atoms. The average molecular weight is 277 g/mol. The number of hydrogen-bond acceptors (Lipinski definition) is 3. The summed E-state index contributed by atoms with van der Waals surface area (Å²) in [7, 11) is 1.63. The lowest BCUT2D eigenvalue weighted by atomic mass is 9.98. The molecule has 0 fully saturated rings. The van der Waals surface area contributed by atoms with Gasteiger partial charge in [-0.3, -0.25) is 9.78 Å². The molecular formula is C18H15NO2. The number of rotatable bonds is 4. The van der Waals surface area contributed by atoms with Crippen molar-refractivity contribution in [1.82, 2.24) is 4.98 Å². The van der Waals surface area contributed by atoms with Crippen molar-refractivity contribution < 1.29 is 9.53 Å². The van der Waals surface area contributed by atoms with Gasteiger partial charge >= 0.3 is 0 Å². The topological polar surface area (TPSA) is 39.2 Å². The number of ketones is 1. The molecule has 0 bridgehead atoms.